The Morgan fingerprint density at radius 1 is 0.714 bits per heavy atom. The topological polar surface area (TPSA) is 19.0 Å². The zero-order chi connectivity index (χ0) is 20.6. The van der Waals surface area contributed by atoms with Gasteiger partial charge in [0.05, 0.1) is 66.5 Å². The van der Waals surface area contributed by atoms with Crippen molar-refractivity contribution in [2.75, 3.05) is 64.2 Å². The fourth-order valence-corrected chi connectivity index (χ4v) is 4.38. The van der Waals surface area contributed by atoms with Gasteiger partial charge in [0.2, 0.25) is 0 Å². The van der Waals surface area contributed by atoms with E-state index >= 15 is 0 Å². The smallest absolute Gasteiger partial charge is 0.264 e. The molecule has 2 heterocycles. The van der Waals surface area contributed by atoms with Crippen LogP contribution < -0.4 is 9.80 Å². The van der Waals surface area contributed by atoms with Crippen molar-refractivity contribution in [3.63, 3.8) is 0 Å². The first-order valence-corrected chi connectivity index (χ1v) is 10.5. The molecular formula is C22H38N6+2. The van der Waals surface area contributed by atoms with Gasteiger partial charge >= 0.3 is 11.9 Å². The molecule has 3 rings (SSSR count). The lowest BCUT2D eigenvalue weighted by molar-refractivity contribution is -0.487. The van der Waals surface area contributed by atoms with Crippen LogP contribution in [0, 0.1) is 0 Å². The third-order valence-corrected chi connectivity index (χ3v) is 5.78. The molecule has 1 aromatic carbocycles. The molecule has 0 aliphatic carbocycles. The van der Waals surface area contributed by atoms with Crippen molar-refractivity contribution in [1.29, 1.82) is 0 Å². The summed E-state index contributed by atoms with van der Waals surface area (Å²) in [6.45, 7) is 13.4. The van der Waals surface area contributed by atoms with Gasteiger partial charge in [-0.25, -0.2) is 9.80 Å². The minimum absolute atomic E-state index is 0.395. The lowest BCUT2D eigenvalue weighted by atomic mass is 10.2. The highest BCUT2D eigenvalue weighted by Gasteiger charge is 2.36. The zero-order valence-corrected chi connectivity index (χ0v) is 19.0. The molecule has 2 aliphatic heterocycles. The summed E-state index contributed by atoms with van der Waals surface area (Å²) in [7, 11) is 8.74. The number of likely N-dealkylation sites (N-methyl/N-ethyl adjacent to an activating group) is 4. The van der Waals surface area contributed by atoms with Gasteiger partial charge < -0.3 is 0 Å². The molecule has 0 saturated heterocycles. The molecule has 2 aliphatic rings. The summed E-state index contributed by atoms with van der Waals surface area (Å²) in [5.41, 5.74) is 2.49. The number of guanidine groups is 2. The lowest BCUT2D eigenvalue weighted by Crippen LogP contribution is -2.47. The van der Waals surface area contributed by atoms with Crippen molar-refractivity contribution in [2.24, 2.45) is 0 Å². The molecule has 0 fully saturated rings. The van der Waals surface area contributed by atoms with Gasteiger partial charge in [0.15, 0.2) is 0 Å². The highest BCUT2D eigenvalue weighted by molar-refractivity contribution is 5.96. The molecule has 6 heteroatoms. The van der Waals surface area contributed by atoms with Crippen LogP contribution in [-0.4, -0.2) is 97.3 Å². The van der Waals surface area contributed by atoms with Crippen molar-refractivity contribution >= 4 is 23.3 Å². The van der Waals surface area contributed by atoms with Gasteiger partial charge in [0, 0.05) is 0 Å². The van der Waals surface area contributed by atoms with Gasteiger partial charge in [-0.1, -0.05) is 0 Å². The van der Waals surface area contributed by atoms with Crippen LogP contribution in [0.5, 0.6) is 0 Å². The zero-order valence-electron chi connectivity index (χ0n) is 19.0. The first kappa shape index (κ1) is 20.5. The molecule has 6 nitrogen and oxygen atoms in total. The van der Waals surface area contributed by atoms with E-state index in [1.807, 2.05) is 0 Å². The molecule has 0 unspecified atom stereocenters. The Morgan fingerprint density at radius 3 is 1.25 bits per heavy atom. The van der Waals surface area contributed by atoms with Crippen LogP contribution in [0.25, 0.3) is 0 Å². The molecule has 0 aromatic heterocycles. The minimum atomic E-state index is 0.395. The average Bonchev–Trinajstić information content (AvgIpc) is 3.13. The number of benzene rings is 1. The molecule has 0 atom stereocenters. The quantitative estimate of drug-likeness (QED) is 0.737. The van der Waals surface area contributed by atoms with Gasteiger partial charge in [-0.05, 0) is 52.0 Å². The van der Waals surface area contributed by atoms with Gasteiger partial charge in [-0.2, -0.15) is 0 Å². The SMILES string of the molecule is CC(C)N(C1=[N+](C)CCN1C)c1ccc(N(C2=[N+](C)CCN2C)C(C)C)cc1. The Hall–Kier alpha value is -2.24. The molecule has 0 amide bonds. The predicted octanol–water partition coefficient (Wildman–Crippen LogP) is 2.00. The number of hydrogen-bond donors (Lipinski definition) is 0. The second-order valence-electron chi connectivity index (χ2n) is 8.73. The Morgan fingerprint density at radius 2 is 1.04 bits per heavy atom. The molecule has 0 bridgehead atoms. The first-order chi connectivity index (χ1) is 13.2. The fraction of sp³-hybridized carbons (Fsp3) is 0.636. The van der Waals surface area contributed by atoms with Crippen molar-refractivity contribution < 1.29 is 9.15 Å². The van der Waals surface area contributed by atoms with E-state index in [1.54, 1.807) is 0 Å². The van der Waals surface area contributed by atoms with Crippen molar-refractivity contribution in [3.05, 3.63) is 24.3 Å². The second-order valence-corrected chi connectivity index (χ2v) is 8.73. The van der Waals surface area contributed by atoms with E-state index in [-0.39, 0.29) is 0 Å². The number of hydrogen-bond acceptors (Lipinski definition) is 4. The molecule has 0 saturated carbocycles. The maximum atomic E-state index is 2.44. The van der Waals surface area contributed by atoms with Crippen molar-refractivity contribution in [1.82, 2.24) is 9.80 Å². The number of rotatable bonds is 4. The summed E-state index contributed by atoms with van der Waals surface area (Å²) in [4.78, 5) is 9.59. The van der Waals surface area contributed by atoms with Crippen molar-refractivity contribution in [2.45, 2.75) is 39.8 Å². The van der Waals surface area contributed by atoms with Crippen molar-refractivity contribution in [3.8, 4) is 0 Å². The molecule has 0 N–H and O–H groups in total. The standard InChI is InChI=1S/C22H38N6/c1-17(2)27(21-23(5)13-14-24(21)6)19-9-11-20(12-10-19)28(18(3)4)22-25(7)15-16-26(22)8/h9-12,17-18H,13-16H2,1-8H3/q+2. The largest absolute Gasteiger partial charge is 0.355 e. The summed E-state index contributed by atoms with van der Waals surface area (Å²) in [6, 6.07) is 9.87. The van der Waals surface area contributed by atoms with E-state index in [9.17, 15) is 0 Å². The Balaban J connectivity index is 1.95. The molecule has 0 spiro atoms. The summed E-state index contributed by atoms with van der Waals surface area (Å²) >= 11 is 0. The van der Waals surface area contributed by atoms with Crippen LogP contribution in [-0.2, 0) is 0 Å². The van der Waals surface area contributed by atoms with Crippen LogP contribution in [0.3, 0.4) is 0 Å². The van der Waals surface area contributed by atoms with E-state index in [4.69, 9.17) is 0 Å². The van der Waals surface area contributed by atoms with E-state index in [2.05, 4.69) is 109 Å². The highest BCUT2D eigenvalue weighted by atomic mass is 15.5. The highest BCUT2D eigenvalue weighted by Crippen LogP contribution is 2.26. The normalized spacial score (nSPS) is 17.6. The van der Waals surface area contributed by atoms with Crippen LogP contribution in [0.1, 0.15) is 27.7 Å². The number of anilines is 2. The molecule has 28 heavy (non-hydrogen) atoms. The monoisotopic (exact) mass is 386 g/mol. The Kier molecular flexibility index (Phi) is 5.87. The Bertz CT molecular complexity index is 697. The van der Waals surface area contributed by atoms with Gasteiger partial charge in [-0.3, -0.25) is 19.0 Å². The van der Waals surface area contributed by atoms with E-state index in [0.717, 1.165) is 26.2 Å². The maximum absolute atomic E-state index is 2.44. The van der Waals surface area contributed by atoms with Crippen LogP contribution in [0.4, 0.5) is 11.4 Å². The average molecular weight is 387 g/mol. The molecule has 1 aromatic rings. The fourth-order valence-electron chi connectivity index (χ4n) is 4.38. The van der Waals surface area contributed by atoms with Crippen LogP contribution in [0.15, 0.2) is 24.3 Å². The van der Waals surface area contributed by atoms with Crippen LogP contribution in [0.2, 0.25) is 0 Å². The first-order valence-electron chi connectivity index (χ1n) is 10.5. The summed E-state index contributed by atoms with van der Waals surface area (Å²) in [5.74, 6) is 2.57. The third kappa shape index (κ3) is 3.69. The van der Waals surface area contributed by atoms with Gasteiger partial charge in [-0.15, -0.1) is 0 Å². The predicted molar refractivity (Wildman–Crippen MR) is 119 cm³/mol. The Labute approximate surface area is 171 Å². The molecule has 0 radical (unpaired) electrons. The lowest BCUT2D eigenvalue weighted by Gasteiger charge is -2.28. The van der Waals surface area contributed by atoms with E-state index in [1.165, 1.54) is 23.3 Å². The summed E-state index contributed by atoms with van der Waals surface area (Å²) in [6.07, 6.45) is 0. The summed E-state index contributed by atoms with van der Waals surface area (Å²) < 4.78 is 4.71. The second kappa shape index (κ2) is 8.02. The summed E-state index contributed by atoms with van der Waals surface area (Å²) in [5, 5.41) is 0. The van der Waals surface area contributed by atoms with Gasteiger partial charge in [0.25, 0.3) is 0 Å². The van der Waals surface area contributed by atoms with E-state index < -0.39 is 0 Å². The molecule has 154 valence electrons. The van der Waals surface area contributed by atoms with Crippen LogP contribution >= 0.6 is 0 Å². The number of nitrogens with zero attached hydrogens (tertiary/aromatic N) is 6. The molecular weight excluding hydrogens is 348 g/mol. The van der Waals surface area contributed by atoms with E-state index in [0.29, 0.717) is 12.1 Å². The van der Waals surface area contributed by atoms with Gasteiger partial charge in [0.1, 0.15) is 11.4 Å². The maximum Gasteiger partial charge on any atom is 0.355 e. The minimum Gasteiger partial charge on any atom is -0.264 e. The third-order valence-electron chi connectivity index (χ3n) is 5.78.